The highest BCUT2D eigenvalue weighted by molar-refractivity contribution is 7.99. The van der Waals surface area contributed by atoms with Crippen molar-refractivity contribution < 1.29 is 14.7 Å². The number of aryl methyl sites for hydroxylation is 1. The van der Waals surface area contributed by atoms with E-state index in [9.17, 15) is 14.7 Å². The van der Waals surface area contributed by atoms with Gasteiger partial charge in [0.2, 0.25) is 5.91 Å². The molecule has 1 aromatic rings. The fourth-order valence-electron chi connectivity index (χ4n) is 2.56. The van der Waals surface area contributed by atoms with Gasteiger partial charge in [-0.2, -0.15) is 0 Å². The summed E-state index contributed by atoms with van der Waals surface area (Å²) in [4.78, 5) is 27.5. The van der Waals surface area contributed by atoms with Crippen molar-refractivity contribution in [1.82, 2.24) is 10.3 Å². The van der Waals surface area contributed by atoms with Gasteiger partial charge in [-0.25, -0.2) is 4.98 Å². The number of carbonyl (C=O) groups is 2. The van der Waals surface area contributed by atoms with Gasteiger partial charge in [-0.05, 0) is 19.8 Å². The molecule has 1 saturated carbocycles. The van der Waals surface area contributed by atoms with Crippen LogP contribution in [0.2, 0.25) is 0 Å². The zero-order valence-corrected chi connectivity index (χ0v) is 13.7. The average molecular weight is 328 g/mol. The van der Waals surface area contributed by atoms with E-state index >= 15 is 0 Å². The summed E-state index contributed by atoms with van der Waals surface area (Å²) in [6, 6.07) is 0. The number of aromatic nitrogens is 1. The van der Waals surface area contributed by atoms with Crippen molar-refractivity contribution in [2.45, 2.75) is 38.4 Å². The lowest BCUT2D eigenvalue weighted by atomic mass is 9.86. The number of carboxylic acids is 1. The van der Waals surface area contributed by atoms with Gasteiger partial charge < -0.3 is 10.4 Å². The molecule has 0 atom stereocenters. The number of thiazole rings is 1. The Balaban J connectivity index is 1.71. The fraction of sp³-hybridized carbons (Fsp3) is 0.643. The van der Waals surface area contributed by atoms with Crippen molar-refractivity contribution in [2.75, 3.05) is 12.3 Å². The lowest BCUT2D eigenvalue weighted by Gasteiger charge is -2.23. The Morgan fingerprint density at radius 2 is 2.19 bits per heavy atom. The zero-order valence-electron chi connectivity index (χ0n) is 12.1. The fourth-order valence-corrected chi connectivity index (χ4v) is 4.02. The first-order chi connectivity index (χ1) is 10.0. The molecule has 1 fully saturated rings. The first-order valence-corrected chi connectivity index (χ1v) is 9.04. The highest BCUT2D eigenvalue weighted by Gasteiger charge is 2.41. The molecule has 1 heterocycles. The van der Waals surface area contributed by atoms with E-state index in [1.807, 2.05) is 12.3 Å². The van der Waals surface area contributed by atoms with Crippen molar-refractivity contribution in [2.24, 2.45) is 5.41 Å². The van der Waals surface area contributed by atoms with E-state index in [1.54, 1.807) is 11.3 Å². The molecule has 0 aliphatic heterocycles. The topological polar surface area (TPSA) is 79.3 Å². The molecule has 0 saturated heterocycles. The number of nitrogens with one attached hydrogen (secondary N) is 1. The predicted octanol–water partition coefficient (Wildman–Crippen LogP) is 2.45. The minimum absolute atomic E-state index is 0.0977. The number of carbonyl (C=O) groups excluding carboxylic acids is 1. The van der Waals surface area contributed by atoms with E-state index in [1.165, 1.54) is 11.8 Å². The summed E-state index contributed by atoms with van der Waals surface area (Å²) in [7, 11) is 0. The molecule has 0 bridgehead atoms. The Hall–Kier alpha value is -1.08. The molecule has 2 N–H and O–H groups in total. The van der Waals surface area contributed by atoms with Gasteiger partial charge in [-0.1, -0.05) is 12.8 Å². The number of aliphatic carboxylic acids is 1. The lowest BCUT2D eigenvalue weighted by molar-refractivity contribution is -0.148. The number of carboxylic acid groups (broad SMARTS) is 1. The zero-order chi connectivity index (χ0) is 15.3. The number of hydrogen-bond acceptors (Lipinski definition) is 5. The van der Waals surface area contributed by atoms with E-state index in [0.717, 1.165) is 23.5 Å². The first-order valence-electron chi connectivity index (χ1n) is 7.01. The molecule has 0 unspecified atom stereocenters. The van der Waals surface area contributed by atoms with Crippen LogP contribution < -0.4 is 5.32 Å². The smallest absolute Gasteiger partial charge is 0.311 e. The van der Waals surface area contributed by atoms with E-state index in [2.05, 4.69) is 10.3 Å². The third kappa shape index (κ3) is 4.44. The molecular formula is C14H20N2O3S2. The van der Waals surface area contributed by atoms with Gasteiger partial charge in [-0.15, -0.1) is 23.1 Å². The van der Waals surface area contributed by atoms with Crippen LogP contribution in [0.25, 0.3) is 0 Å². The summed E-state index contributed by atoms with van der Waals surface area (Å²) >= 11 is 3.10. The molecule has 2 rings (SSSR count). The number of nitrogens with zero attached hydrogens (tertiary/aromatic N) is 1. The van der Waals surface area contributed by atoms with Gasteiger partial charge in [0, 0.05) is 17.7 Å². The van der Waals surface area contributed by atoms with Crippen LogP contribution in [0.3, 0.4) is 0 Å². The Morgan fingerprint density at radius 3 is 2.76 bits per heavy atom. The Labute approximate surface area is 132 Å². The normalized spacial score (nSPS) is 16.8. The van der Waals surface area contributed by atoms with Gasteiger partial charge in [-0.3, -0.25) is 9.59 Å². The van der Waals surface area contributed by atoms with Crippen LogP contribution in [0.4, 0.5) is 0 Å². The van der Waals surface area contributed by atoms with Crippen LogP contribution in [-0.4, -0.2) is 34.3 Å². The molecule has 1 aliphatic rings. The molecule has 1 aromatic heterocycles. The van der Waals surface area contributed by atoms with Crippen molar-refractivity contribution in [3.05, 3.63) is 16.1 Å². The van der Waals surface area contributed by atoms with Crippen LogP contribution in [0, 0.1) is 12.3 Å². The van der Waals surface area contributed by atoms with Crippen LogP contribution in [-0.2, 0) is 15.3 Å². The van der Waals surface area contributed by atoms with Crippen LogP contribution in [0.5, 0.6) is 0 Å². The maximum Gasteiger partial charge on any atom is 0.311 e. The number of rotatable bonds is 7. The molecule has 116 valence electrons. The third-order valence-electron chi connectivity index (χ3n) is 3.79. The lowest BCUT2D eigenvalue weighted by Crippen LogP contribution is -2.41. The van der Waals surface area contributed by atoms with Crippen LogP contribution >= 0.6 is 23.1 Å². The average Bonchev–Trinajstić information content (AvgIpc) is 3.06. The molecule has 1 aliphatic carbocycles. The Morgan fingerprint density at radius 1 is 1.48 bits per heavy atom. The standard InChI is InChI=1S/C14H20N2O3S2/c1-10-16-11(7-21-10)6-20-8-12(17)15-9-14(13(18)19)4-2-3-5-14/h7H,2-6,8-9H2,1H3,(H,15,17)(H,18,19). The second-order valence-electron chi connectivity index (χ2n) is 5.42. The van der Waals surface area contributed by atoms with Gasteiger partial charge in [0.25, 0.3) is 0 Å². The maximum atomic E-state index is 11.8. The molecular weight excluding hydrogens is 308 g/mol. The monoisotopic (exact) mass is 328 g/mol. The minimum Gasteiger partial charge on any atom is -0.481 e. The molecule has 5 nitrogen and oxygen atoms in total. The summed E-state index contributed by atoms with van der Waals surface area (Å²) in [6.07, 6.45) is 3.18. The molecule has 21 heavy (non-hydrogen) atoms. The van der Waals surface area contributed by atoms with Crippen LogP contribution in [0.1, 0.15) is 36.4 Å². The second-order valence-corrected chi connectivity index (χ2v) is 7.47. The molecule has 0 aromatic carbocycles. The quantitative estimate of drug-likeness (QED) is 0.804. The van der Waals surface area contributed by atoms with Gasteiger partial charge >= 0.3 is 5.97 Å². The Bertz CT molecular complexity index is 510. The summed E-state index contributed by atoms with van der Waals surface area (Å²) in [5.74, 6) is 0.166. The summed E-state index contributed by atoms with van der Waals surface area (Å²) < 4.78 is 0. The van der Waals surface area contributed by atoms with Crippen LogP contribution in [0.15, 0.2) is 5.38 Å². The van der Waals surface area contributed by atoms with E-state index in [-0.39, 0.29) is 12.5 Å². The SMILES string of the molecule is Cc1nc(CSCC(=O)NCC2(C(=O)O)CCCC2)cs1. The number of thioether (sulfide) groups is 1. The van der Waals surface area contributed by atoms with E-state index in [0.29, 0.717) is 24.3 Å². The summed E-state index contributed by atoms with van der Waals surface area (Å²) in [5, 5.41) is 15.1. The van der Waals surface area contributed by atoms with Crippen molar-refractivity contribution in [1.29, 1.82) is 0 Å². The van der Waals surface area contributed by atoms with Gasteiger partial charge in [0.05, 0.1) is 21.9 Å². The molecule has 1 amide bonds. The molecule has 7 heteroatoms. The van der Waals surface area contributed by atoms with Crippen molar-refractivity contribution in [3.8, 4) is 0 Å². The third-order valence-corrected chi connectivity index (χ3v) is 5.58. The molecule has 0 spiro atoms. The highest BCUT2D eigenvalue weighted by Crippen LogP contribution is 2.37. The minimum atomic E-state index is -0.786. The van der Waals surface area contributed by atoms with E-state index in [4.69, 9.17) is 0 Å². The highest BCUT2D eigenvalue weighted by atomic mass is 32.2. The predicted molar refractivity (Wildman–Crippen MR) is 84.6 cm³/mol. The number of hydrogen-bond donors (Lipinski definition) is 2. The van der Waals surface area contributed by atoms with Gasteiger partial charge in [0.1, 0.15) is 0 Å². The first kappa shape index (κ1) is 16.3. The molecule has 0 radical (unpaired) electrons. The second kappa shape index (κ2) is 7.26. The largest absolute Gasteiger partial charge is 0.481 e. The summed E-state index contributed by atoms with van der Waals surface area (Å²) in [6.45, 7) is 2.20. The summed E-state index contributed by atoms with van der Waals surface area (Å²) in [5.41, 5.74) is 0.250. The van der Waals surface area contributed by atoms with Crippen molar-refractivity contribution >= 4 is 35.0 Å². The van der Waals surface area contributed by atoms with Crippen molar-refractivity contribution in [3.63, 3.8) is 0 Å². The number of amides is 1. The van der Waals surface area contributed by atoms with E-state index < -0.39 is 11.4 Å². The van der Waals surface area contributed by atoms with Gasteiger partial charge in [0.15, 0.2) is 0 Å². The maximum absolute atomic E-state index is 11.8. The Kier molecular flexibility index (Phi) is 5.64.